The van der Waals surface area contributed by atoms with E-state index in [-0.39, 0.29) is 29.6 Å². The third kappa shape index (κ3) is 3.23. The minimum absolute atomic E-state index is 0.0953. The molecule has 26 heavy (non-hydrogen) atoms. The number of nitrogens with zero attached hydrogens (tertiary/aromatic N) is 2. The molecule has 2 aromatic rings. The molecule has 4 rings (SSSR count). The van der Waals surface area contributed by atoms with Gasteiger partial charge in [0.25, 0.3) is 5.91 Å². The summed E-state index contributed by atoms with van der Waals surface area (Å²) in [5.41, 5.74) is 0.799. The predicted molar refractivity (Wildman–Crippen MR) is 92.7 cm³/mol. The minimum Gasteiger partial charge on any atom is -0.459 e. The fraction of sp³-hybridized carbons (Fsp3) is 0.400. The molecular weight excluding hydrogens is 335 g/mol. The maximum atomic E-state index is 13.5. The highest BCUT2D eigenvalue weighted by Gasteiger charge is 2.40. The van der Waals surface area contributed by atoms with E-state index in [0.717, 1.165) is 18.4 Å². The van der Waals surface area contributed by atoms with E-state index in [4.69, 9.17) is 4.42 Å². The molecule has 2 aliphatic heterocycles. The van der Waals surface area contributed by atoms with E-state index in [1.165, 1.54) is 18.4 Å². The Labute approximate surface area is 151 Å². The third-order valence-corrected chi connectivity index (χ3v) is 5.40. The van der Waals surface area contributed by atoms with Gasteiger partial charge in [0.05, 0.1) is 6.26 Å². The number of halogens is 1. The SMILES string of the molecule is O=C(c1ccco1)N1CC[C@@H]2[C@@H](CCC(=O)N2Cc2cccc(F)c2)C1. The number of hydrogen-bond donors (Lipinski definition) is 0. The summed E-state index contributed by atoms with van der Waals surface area (Å²) in [5.74, 6) is 0.326. The molecule has 0 saturated carbocycles. The second-order valence-electron chi connectivity index (χ2n) is 7.03. The molecule has 136 valence electrons. The van der Waals surface area contributed by atoms with Crippen LogP contribution in [0.4, 0.5) is 4.39 Å². The Bertz CT molecular complexity index is 805. The average molecular weight is 356 g/mol. The van der Waals surface area contributed by atoms with Crippen molar-refractivity contribution < 1.29 is 18.4 Å². The van der Waals surface area contributed by atoms with E-state index in [1.54, 1.807) is 18.2 Å². The summed E-state index contributed by atoms with van der Waals surface area (Å²) < 4.78 is 18.7. The fourth-order valence-corrected chi connectivity index (χ4v) is 4.13. The van der Waals surface area contributed by atoms with Gasteiger partial charge in [0.2, 0.25) is 5.91 Å². The maximum Gasteiger partial charge on any atom is 0.289 e. The van der Waals surface area contributed by atoms with Crippen molar-refractivity contribution in [3.8, 4) is 0 Å². The summed E-state index contributed by atoms with van der Waals surface area (Å²) in [7, 11) is 0. The Kier molecular flexibility index (Phi) is 4.49. The van der Waals surface area contributed by atoms with Gasteiger partial charge >= 0.3 is 0 Å². The molecule has 3 heterocycles. The first-order valence-corrected chi connectivity index (χ1v) is 8.98. The molecule has 1 aromatic carbocycles. The van der Waals surface area contributed by atoms with Crippen LogP contribution in [0.1, 0.15) is 35.4 Å². The van der Waals surface area contributed by atoms with Crippen LogP contribution < -0.4 is 0 Å². The van der Waals surface area contributed by atoms with Crippen molar-refractivity contribution in [1.82, 2.24) is 9.80 Å². The second-order valence-corrected chi connectivity index (χ2v) is 7.03. The molecule has 0 bridgehead atoms. The Morgan fingerprint density at radius 1 is 1.23 bits per heavy atom. The van der Waals surface area contributed by atoms with Gasteiger partial charge in [-0.1, -0.05) is 12.1 Å². The number of amides is 2. The first-order chi connectivity index (χ1) is 12.6. The van der Waals surface area contributed by atoms with Crippen LogP contribution in [0.3, 0.4) is 0 Å². The molecule has 5 nitrogen and oxygen atoms in total. The van der Waals surface area contributed by atoms with Crippen molar-refractivity contribution in [3.63, 3.8) is 0 Å². The van der Waals surface area contributed by atoms with E-state index in [1.807, 2.05) is 15.9 Å². The molecule has 1 aromatic heterocycles. The van der Waals surface area contributed by atoms with Crippen LogP contribution in [0, 0.1) is 11.7 Å². The first kappa shape index (κ1) is 16.8. The molecule has 0 N–H and O–H groups in total. The van der Waals surface area contributed by atoms with Crippen molar-refractivity contribution in [2.24, 2.45) is 5.92 Å². The Morgan fingerprint density at radius 3 is 2.88 bits per heavy atom. The molecule has 6 heteroatoms. The van der Waals surface area contributed by atoms with Gasteiger partial charge in [0.15, 0.2) is 5.76 Å². The number of piperidine rings is 2. The predicted octanol–water partition coefficient (Wildman–Crippen LogP) is 3.07. The van der Waals surface area contributed by atoms with Gasteiger partial charge in [0, 0.05) is 32.1 Å². The molecule has 0 radical (unpaired) electrons. The van der Waals surface area contributed by atoms with E-state index >= 15 is 0 Å². The van der Waals surface area contributed by atoms with Crippen LogP contribution in [-0.4, -0.2) is 40.7 Å². The lowest BCUT2D eigenvalue weighted by Gasteiger charge is -2.47. The highest BCUT2D eigenvalue weighted by atomic mass is 19.1. The normalized spacial score (nSPS) is 23.0. The van der Waals surface area contributed by atoms with E-state index < -0.39 is 0 Å². The summed E-state index contributed by atoms with van der Waals surface area (Å²) in [5, 5.41) is 0. The Morgan fingerprint density at radius 2 is 2.12 bits per heavy atom. The molecular formula is C20H21FN2O3. The second kappa shape index (κ2) is 6.94. The molecule has 2 aliphatic rings. The van der Waals surface area contributed by atoms with E-state index in [2.05, 4.69) is 0 Å². The fourth-order valence-electron chi connectivity index (χ4n) is 4.13. The van der Waals surface area contributed by atoms with E-state index in [9.17, 15) is 14.0 Å². The first-order valence-electron chi connectivity index (χ1n) is 8.98. The summed E-state index contributed by atoms with van der Waals surface area (Å²) in [6.07, 6.45) is 3.49. The quantitative estimate of drug-likeness (QED) is 0.849. The van der Waals surface area contributed by atoms with Crippen LogP contribution >= 0.6 is 0 Å². The third-order valence-electron chi connectivity index (χ3n) is 5.40. The van der Waals surface area contributed by atoms with Crippen molar-refractivity contribution in [1.29, 1.82) is 0 Å². The topological polar surface area (TPSA) is 53.8 Å². The van der Waals surface area contributed by atoms with Crippen LogP contribution in [0.2, 0.25) is 0 Å². The zero-order valence-electron chi connectivity index (χ0n) is 14.4. The van der Waals surface area contributed by atoms with Gasteiger partial charge in [-0.2, -0.15) is 0 Å². The zero-order chi connectivity index (χ0) is 18.1. The van der Waals surface area contributed by atoms with Crippen molar-refractivity contribution >= 4 is 11.8 Å². The Balaban J connectivity index is 1.47. The summed E-state index contributed by atoms with van der Waals surface area (Å²) in [4.78, 5) is 28.7. The average Bonchev–Trinajstić information content (AvgIpc) is 3.18. The van der Waals surface area contributed by atoms with Crippen molar-refractivity contribution in [2.75, 3.05) is 13.1 Å². The highest BCUT2D eigenvalue weighted by Crippen LogP contribution is 2.33. The van der Waals surface area contributed by atoms with Crippen LogP contribution in [0.5, 0.6) is 0 Å². The maximum absolute atomic E-state index is 13.5. The van der Waals surface area contributed by atoms with Gasteiger partial charge in [-0.15, -0.1) is 0 Å². The molecule has 2 amide bonds. The molecule has 0 unspecified atom stereocenters. The highest BCUT2D eigenvalue weighted by molar-refractivity contribution is 5.91. The molecule has 0 spiro atoms. The zero-order valence-corrected chi connectivity index (χ0v) is 14.4. The lowest BCUT2D eigenvalue weighted by atomic mass is 9.83. The molecule has 0 aliphatic carbocycles. The monoisotopic (exact) mass is 356 g/mol. The lowest BCUT2D eigenvalue weighted by molar-refractivity contribution is -0.141. The Hall–Kier alpha value is -2.63. The van der Waals surface area contributed by atoms with Crippen LogP contribution in [-0.2, 0) is 11.3 Å². The number of fused-ring (bicyclic) bond motifs is 1. The number of likely N-dealkylation sites (tertiary alicyclic amines) is 2. The van der Waals surface area contributed by atoms with Gasteiger partial charge in [-0.25, -0.2) is 4.39 Å². The van der Waals surface area contributed by atoms with Crippen molar-refractivity contribution in [3.05, 3.63) is 59.8 Å². The minimum atomic E-state index is -0.289. The summed E-state index contributed by atoms with van der Waals surface area (Å²) >= 11 is 0. The van der Waals surface area contributed by atoms with Crippen LogP contribution in [0.25, 0.3) is 0 Å². The van der Waals surface area contributed by atoms with Crippen LogP contribution in [0.15, 0.2) is 47.1 Å². The van der Waals surface area contributed by atoms with Gasteiger partial charge < -0.3 is 14.2 Å². The summed E-state index contributed by atoms with van der Waals surface area (Å²) in [6, 6.07) is 9.88. The number of rotatable bonds is 3. The molecule has 2 saturated heterocycles. The number of benzene rings is 1. The van der Waals surface area contributed by atoms with Gasteiger partial charge in [0.1, 0.15) is 5.82 Å². The molecule has 2 fully saturated rings. The van der Waals surface area contributed by atoms with Gasteiger partial charge in [-0.05, 0) is 48.6 Å². The standard InChI is InChI=1S/C20H21FN2O3/c21-16-4-1-3-14(11-16)12-23-17-8-9-22(13-15(17)6-7-19(23)24)20(25)18-5-2-10-26-18/h1-5,10-11,15,17H,6-9,12-13H2/t15-,17+/m0/s1. The number of furan rings is 1. The lowest BCUT2D eigenvalue weighted by Crippen LogP contribution is -2.56. The molecule has 2 atom stereocenters. The number of carbonyl (C=O) groups excluding carboxylic acids is 2. The van der Waals surface area contributed by atoms with Gasteiger partial charge in [-0.3, -0.25) is 9.59 Å². The van der Waals surface area contributed by atoms with Crippen molar-refractivity contribution in [2.45, 2.75) is 31.8 Å². The summed E-state index contributed by atoms with van der Waals surface area (Å²) in [6.45, 7) is 1.63. The largest absolute Gasteiger partial charge is 0.459 e. The number of carbonyl (C=O) groups is 2. The van der Waals surface area contributed by atoms with E-state index in [0.29, 0.717) is 31.8 Å². The smallest absolute Gasteiger partial charge is 0.289 e. The number of hydrogen-bond acceptors (Lipinski definition) is 3.